The van der Waals surface area contributed by atoms with Gasteiger partial charge in [-0.3, -0.25) is 4.79 Å². The van der Waals surface area contributed by atoms with Gasteiger partial charge >= 0.3 is 5.97 Å². The molecule has 348 valence electrons. The monoisotopic (exact) mass is 839 g/mol. The molecule has 59 heavy (non-hydrogen) atoms. The van der Waals surface area contributed by atoms with Gasteiger partial charge in [0.15, 0.2) is 6.29 Å². The van der Waals surface area contributed by atoms with E-state index in [0.29, 0.717) is 13.0 Å². The maximum absolute atomic E-state index is 12.8. The molecule has 9 heteroatoms. The van der Waals surface area contributed by atoms with E-state index in [4.69, 9.17) is 18.9 Å². The Morgan fingerprint density at radius 2 is 0.932 bits per heavy atom. The van der Waals surface area contributed by atoms with Gasteiger partial charge in [0, 0.05) is 13.0 Å². The Balaban J connectivity index is 2.18. The summed E-state index contributed by atoms with van der Waals surface area (Å²) < 4.78 is 22.8. The molecule has 1 fully saturated rings. The fourth-order valence-corrected chi connectivity index (χ4v) is 7.66. The number of allylic oxidation sites excluding steroid dienone is 4. The van der Waals surface area contributed by atoms with Crippen molar-refractivity contribution in [1.82, 2.24) is 0 Å². The number of aliphatic hydroxyl groups excluding tert-OH is 4. The van der Waals surface area contributed by atoms with Crippen LogP contribution in [0, 0.1) is 0 Å². The molecular weight excluding hydrogens is 745 g/mol. The van der Waals surface area contributed by atoms with Crippen molar-refractivity contribution >= 4 is 5.97 Å². The van der Waals surface area contributed by atoms with Gasteiger partial charge in [-0.1, -0.05) is 179 Å². The van der Waals surface area contributed by atoms with Crippen LogP contribution < -0.4 is 0 Å². The van der Waals surface area contributed by atoms with E-state index in [9.17, 15) is 25.2 Å². The Morgan fingerprint density at radius 3 is 1.41 bits per heavy atom. The van der Waals surface area contributed by atoms with E-state index in [0.717, 1.165) is 32.1 Å². The van der Waals surface area contributed by atoms with Crippen LogP contribution in [0.1, 0.15) is 226 Å². The van der Waals surface area contributed by atoms with Gasteiger partial charge in [-0.05, 0) is 64.2 Å². The Kier molecular flexibility index (Phi) is 39.6. The number of esters is 1. The maximum Gasteiger partial charge on any atom is 0.306 e. The van der Waals surface area contributed by atoms with Gasteiger partial charge in [0.05, 0.1) is 19.8 Å². The molecule has 1 aliphatic heterocycles. The highest BCUT2D eigenvalue weighted by Crippen LogP contribution is 2.23. The summed E-state index contributed by atoms with van der Waals surface area (Å²) in [7, 11) is 0. The second kappa shape index (κ2) is 42.0. The average molecular weight is 839 g/mol. The normalized spacial score (nSPS) is 20.3. The van der Waals surface area contributed by atoms with E-state index in [2.05, 4.69) is 38.2 Å². The molecule has 6 unspecified atom stereocenters. The summed E-state index contributed by atoms with van der Waals surface area (Å²) in [5, 5.41) is 40.2. The van der Waals surface area contributed by atoms with Crippen LogP contribution in [0.2, 0.25) is 0 Å². The van der Waals surface area contributed by atoms with Crippen molar-refractivity contribution in [2.75, 3.05) is 26.4 Å². The molecule has 1 heterocycles. The minimum absolute atomic E-state index is 0.113. The molecule has 4 N–H and O–H groups in total. The lowest BCUT2D eigenvalue weighted by Gasteiger charge is -2.39. The van der Waals surface area contributed by atoms with Crippen LogP contribution in [-0.4, -0.2) is 89.6 Å². The molecule has 1 saturated heterocycles. The molecule has 0 radical (unpaired) electrons. The first-order valence-corrected chi connectivity index (χ1v) is 24.9. The standard InChI is InChI=1S/C50H94O9/c1-3-5-7-9-11-13-15-17-18-19-20-21-22-23-24-25-26-27-29-31-33-35-37-39-46(52)58-44(43-57-50-49(55)48(54)47(53)45(41-51)59-50)42-56-40-38-36-34-32-30-28-16-14-12-10-8-6-4-2/h12,14,19-20,44-45,47-51,53-55H,3-11,13,15-18,21-43H2,1-2H3/b14-12-,20-19-. The highest BCUT2D eigenvalue weighted by molar-refractivity contribution is 5.69. The average Bonchev–Trinajstić information content (AvgIpc) is 3.24. The van der Waals surface area contributed by atoms with Gasteiger partial charge in [-0.15, -0.1) is 0 Å². The van der Waals surface area contributed by atoms with Gasteiger partial charge in [0.1, 0.15) is 30.5 Å². The molecule has 0 aromatic heterocycles. The molecule has 0 aromatic rings. The fourth-order valence-electron chi connectivity index (χ4n) is 7.66. The lowest BCUT2D eigenvalue weighted by atomic mass is 9.99. The highest BCUT2D eigenvalue weighted by atomic mass is 16.7. The summed E-state index contributed by atoms with van der Waals surface area (Å²) in [6, 6.07) is 0. The molecule has 0 spiro atoms. The summed E-state index contributed by atoms with van der Waals surface area (Å²) in [5.41, 5.74) is 0. The van der Waals surface area contributed by atoms with E-state index >= 15 is 0 Å². The van der Waals surface area contributed by atoms with Gasteiger partial charge in [-0.25, -0.2) is 0 Å². The first-order valence-electron chi connectivity index (χ1n) is 24.9. The van der Waals surface area contributed by atoms with Crippen LogP contribution in [0.4, 0.5) is 0 Å². The molecule has 0 saturated carbocycles. The second-order valence-electron chi connectivity index (χ2n) is 17.3. The molecular formula is C50H94O9. The molecule has 6 atom stereocenters. The summed E-state index contributed by atoms with van der Waals surface area (Å²) in [6.07, 6.45) is 42.1. The number of rotatable bonds is 43. The maximum atomic E-state index is 12.8. The first kappa shape index (κ1) is 55.7. The summed E-state index contributed by atoms with van der Waals surface area (Å²) >= 11 is 0. The molecule has 0 aliphatic carbocycles. The number of aliphatic hydroxyl groups is 4. The number of ether oxygens (including phenoxy) is 4. The van der Waals surface area contributed by atoms with Crippen molar-refractivity contribution < 1.29 is 44.2 Å². The lowest BCUT2D eigenvalue weighted by Crippen LogP contribution is -2.59. The third-order valence-electron chi connectivity index (χ3n) is 11.6. The van der Waals surface area contributed by atoms with Crippen LogP contribution >= 0.6 is 0 Å². The summed E-state index contributed by atoms with van der Waals surface area (Å²) in [6.45, 7) is 4.55. The molecule has 1 rings (SSSR count). The topological polar surface area (TPSA) is 135 Å². The quantitative estimate of drug-likeness (QED) is 0.0269. The smallest absolute Gasteiger partial charge is 0.306 e. The molecule has 0 bridgehead atoms. The predicted octanol–water partition coefficient (Wildman–Crippen LogP) is 11.8. The van der Waals surface area contributed by atoms with Crippen molar-refractivity contribution in [2.45, 2.75) is 263 Å². The van der Waals surface area contributed by atoms with Crippen LogP contribution in [0.5, 0.6) is 0 Å². The Bertz CT molecular complexity index is 957. The van der Waals surface area contributed by atoms with Crippen molar-refractivity contribution in [3.8, 4) is 0 Å². The zero-order chi connectivity index (χ0) is 42.9. The van der Waals surface area contributed by atoms with Crippen LogP contribution in [-0.2, 0) is 23.7 Å². The fraction of sp³-hybridized carbons (Fsp3) is 0.900. The van der Waals surface area contributed by atoms with Crippen LogP contribution in [0.3, 0.4) is 0 Å². The van der Waals surface area contributed by atoms with E-state index in [-0.39, 0.29) is 19.2 Å². The molecule has 0 aromatic carbocycles. The number of carbonyl (C=O) groups excluding carboxylic acids is 1. The molecule has 9 nitrogen and oxygen atoms in total. The molecule has 0 amide bonds. The highest BCUT2D eigenvalue weighted by Gasteiger charge is 2.44. The van der Waals surface area contributed by atoms with Crippen molar-refractivity contribution in [2.24, 2.45) is 0 Å². The third-order valence-corrected chi connectivity index (χ3v) is 11.6. The second-order valence-corrected chi connectivity index (χ2v) is 17.3. The van der Waals surface area contributed by atoms with E-state index in [1.54, 1.807) is 0 Å². The number of hydrogen-bond acceptors (Lipinski definition) is 9. The minimum atomic E-state index is -1.54. The predicted molar refractivity (Wildman–Crippen MR) is 242 cm³/mol. The largest absolute Gasteiger partial charge is 0.457 e. The van der Waals surface area contributed by atoms with Gasteiger partial charge in [0.2, 0.25) is 0 Å². The third kappa shape index (κ3) is 33.0. The van der Waals surface area contributed by atoms with Gasteiger partial charge < -0.3 is 39.4 Å². The number of unbranched alkanes of at least 4 members (excludes halogenated alkanes) is 28. The lowest BCUT2D eigenvalue weighted by molar-refractivity contribution is -0.305. The van der Waals surface area contributed by atoms with E-state index in [1.165, 1.54) is 173 Å². The van der Waals surface area contributed by atoms with Crippen LogP contribution in [0.25, 0.3) is 0 Å². The summed E-state index contributed by atoms with van der Waals surface area (Å²) in [4.78, 5) is 12.8. The van der Waals surface area contributed by atoms with E-state index in [1.807, 2.05) is 0 Å². The zero-order valence-electron chi connectivity index (χ0n) is 38.3. The van der Waals surface area contributed by atoms with Crippen molar-refractivity contribution in [1.29, 1.82) is 0 Å². The van der Waals surface area contributed by atoms with E-state index < -0.39 is 43.4 Å². The van der Waals surface area contributed by atoms with Gasteiger partial charge in [0.25, 0.3) is 0 Å². The number of hydrogen-bond donors (Lipinski definition) is 4. The zero-order valence-corrected chi connectivity index (χ0v) is 38.3. The van der Waals surface area contributed by atoms with Gasteiger partial charge in [-0.2, -0.15) is 0 Å². The van der Waals surface area contributed by atoms with Crippen LogP contribution in [0.15, 0.2) is 24.3 Å². The Morgan fingerprint density at radius 1 is 0.525 bits per heavy atom. The Hall–Kier alpha value is -1.33. The molecule has 1 aliphatic rings. The number of carbonyl (C=O) groups is 1. The van der Waals surface area contributed by atoms with Crippen molar-refractivity contribution in [3.63, 3.8) is 0 Å². The SMILES string of the molecule is CCCCC/C=C\CCCCCCCCOCC(COC1OC(CO)C(O)C(O)C1O)OC(=O)CCCCCCCCCCCCC/C=C\CCCCCCCCCC. The summed E-state index contributed by atoms with van der Waals surface area (Å²) in [5.74, 6) is -0.314. The van der Waals surface area contributed by atoms with Crippen molar-refractivity contribution in [3.05, 3.63) is 24.3 Å². The Labute approximate surface area is 362 Å². The first-order chi connectivity index (χ1) is 28.9. The minimum Gasteiger partial charge on any atom is -0.457 e.